The van der Waals surface area contributed by atoms with E-state index in [1.807, 2.05) is 11.6 Å². The van der Waals surface area contributed by atoms with Gasteiger partial charge in [-0.2, -0.15) is 0 Å². The molecule has 0 spiro atoms. The minimum Gasteiger partial charge on any atom is -0.382 e. The largest absolute Gasteiger partial charge is 0.382 e. The summed E-state index contributed by atoms with van der Waals surface area (Å²) in [6, 6.07) is 0. The predicted molar refractivity (Wildman–Crippen MR) is 57.5 cm³/mol. The van der Waals surface area contributed by atoms with Crippen molar-refractivity contribution in [2.75, 3.05) is 0 Å². The summed E-state index contributed by atoms with van der Waals surface area (Å²) in [6.07, 6.45) is 1.82. The summed E-state index contributed by atoms with van der Waals surface area (Å²) >= 11 is 1.66. The van der Waals surface area contributed by atoms with Crippen molar-refractivity contribution >= 4 is 11.3 Å². The van der Waals surface area contributed by atoms with Gasteiger partial charge in [0.1, 0.15) is 5.01 Å². The highest BCUT2D eigenvalue weighted by molar-refractivity contribution is 7.09. The van der Waals surface area contributed by atoms with E-state index in [1.165, 1.54) is 0 Å². The van der Waals surface area contributed by atoms with E-state index in [0.717, 1.165) is 17.2 Å². The molecule has 0 saturated heterocycles. The summed E-state index contributed by atoms with van der Waals surface area (Å²) in [5.74, 6) is 0. The van der Waals surface area contributed by atoms with Gasteiger partial charge in [-0.3, -0.25) is 0 Å². The van der Waals surface area contributed by atoms with E-state index in [2.05, 4.69) is 37.7 Å². The fraction of sp³-hybridized carbons (Fsp3) is 0.500. The summed E-state index contributed by atoms with van der Waals surface area (Å²) in [5.41, 5.74) is 1.18. The maximum atomic E-state index is 4.19. The smallest absolute Gasteiger partial charge is 0.112 e. The summed E-state index contributed by atoms with van der Waals surface area (Å²) in [6.45, 7) is 11.2. The van der Waals surface area contributed by atoms with Crippen LogP contribution in [0.15, 0.2) is 23.9 Å². The molecule has 0 unspecified atom stereocenters. The molecule has 0 saturated carbocycles. The molecule has 1 heterocycles. The van der Waals surface area contributed by atoms with Crippen LogP contribution in [0.2, 0.25) is 0 Å². The number of rotatable bonds is 3. The standard InChI is InChI=1S/C10H16N2S/c1-8(10(2,3)4)12-7-9-11-5-6-13-9/h5-6,12H,1,7H2,2-4H3. The van der Waals surface area contributed by atoms with Crippen LogP contribution >= 0.6 is 11.3 Å². The molecule has 0 atom stereocenters. The summed E-state index contributed by atoms with van der Waals surface area (Å²) in [7, 11) is 0. The van der Waals surface area contributed by atoms with Crippen molar-refractivity contribution in [3.05, 3.63) is 28.9 Å². The van der Waals surface area contributed by atoms with Crippen LogP contribution in [-0.2, 0) is 6.54 Å². The molecular formula is C10H16N2S. The molecule has 0 bridgehead atoms. The Balaban J connectivity index is 2.40. The van der Waals surface area contributed by atoms with E-state index in [1.54, 1.807) is 11.3 Å². The first-order valence-electron chi connectivity index (χ1n) is 4.32. The van der Waals surface area contributed by atoms with Crippen molar-refractivity contribution in [1.29, 1.82) is 0 Å². The lowest BCUT2D eigenvalue weighted by molar-refractivity contribution is 0.461. The zero-order chi connectivity index (χ0) is 9.90. The van der Waals surface area contributed by atoms with Crippen molar-refractivity contribution in [2.24, 2.45) is 5.41 Å². The van der Waals surface area contributed by atoms with Crippen LogP contribution in [-0.4, -0.2) is 4.98 Å². The monoisotopic (exact) mass is 196 g/mol. The van der Waals surface area contributed by atoms with Gasteiger partial charge < -0.3 is 5.32 Å². The second-order valence-corrected chi connectivity index (χ2v) is 4.99. The third-order valence-corrected chi connectivity index (χ3v) is 2.62. The molecule has 0 radical (unpaired) electrons. The van der Waals surface area contributed by atoms with Gasteiger partial charge in [0.25, 0.3) is 0 Å². The highest BCUT2D eigenvalue weighted by Crippen LogP contribution is 2.21. The van der Waals surface area contributed by atoms with Crippen LogP contribution in [0, 0.1) is 5.41 Å². The Hall–Kier alpha value is -0.830. The summed E-state index contributed by atoms with van der Waals surface area (Å²) in [5, 5.41) is 6.36. The molecule has 72 valence electrons. The fourth-order valence-corrected chi connectivity index (χ4v) is 1.34. The zero-order valence-corrected chi connectivity index (χ0v) is 9.24. The molecule has 13 heavy (non-hydrogen) atoms. The maximum absolute atomic E-state index is 4.19. The third kappa shape index (κ3) is 3.19. The van der Waals surface area contributed by atoms with E-state index in [-0.39, 0.29) is 5.41 Å². The zero-order valence-electron chi connectivity index (χ0n) is 8.42. The van der Waals surface area contributed by atoms with E-state index in [4.69, 9.17) is 0 Å². The molecule has 0 aliphatic rings. The van der Waals surface area contributed by atoms with Crippen LogP contribution in [0.1, 0.15) is 25.8 Å². The van der Waals surface area contributed by atoms with Crippen LogP contribution in [0.25, 0.3) is 0 Å². The summed E-state index contributed by atoms with van der Waals surface area (Å²) < 4.78 is 0. The topological polar surface area (TPSA) is 24.9 Å². The van der Waals surface area contributed by atoms with Gasteiger partial charge >= 0.3 is 0 Å². The maximum Gasteiger partial charge on any atom is 0.112 e. The molecular weight excluding hydrogens is 180 g/mol. The fourth-order valence-electron chi connectivity index (χ4n) is 0.788. The number of hydrogen-bond acceptors (Lipinski definition) is 3. The molecule has 0 amide bonds. The van der Waals surface area contributed by atoms with Gasteiger partial charge in [-0.25, -0.2) is 4.98 Å². The Morgan fingerprint density at radius 3 is 2.77 bits per heavy atom. The number of nitrogens with one attached hydrogen (secondary N) is 1. The first kappa shape index (κ1) is 10.3. The lowest BCUT2D eigenvalue weighted by atomic mass is 9.93. The van der Waals surface area contributed by atoms with Gasteiger partial charge in [-0.1, -0.05) is 27.4 Å². The quantitative estimate of drug-likeness (QED) is 0.804. The lowest BCUT2D eigenvalue weighted by Gasteiger charge is -2.22. The minimum absolute atomic E-state index is 0.122. The first-order chi connectivity index (χ1) is 6.00. The molecule has 3 heteroatoms. The Labute approximate surface area is 83.7 Å². The Morgan fingerprint density at radius 1 is 1.62 bits per heavy atom. The van der Waals surface area contributed by atoms with E-state index in [0.29, 0.717) is 0 Å². The molecule has 2 nitrogen and oxygen atoms in total. The molecule has 1 aromatic rings. The first-order valence-corrected chi connectivity index (χ1v) is 5.20. The van der Waals surface area contributed by atoms with Gasteiger partial charge in [0.05, 0.1) is 6.54 Å². The number of hydrogen-bond donors (Lipinski definition) is 1. The summed E-state index contributed by atoms with van der Waals surface area (Å²) in [4.78, 5) is 4.19. The van der Waals surface area contributed by atoms with Gasteiger partial charge in [0.2, 0.25) is 0 Å². The number of thiazole rings is 1. The molecule has 0 aromatic carbocycles. The normalized spacial score (nSPS) is 11.3. The molecule has 1 rings (SSSR count). The second kappa shape index (κ2) is 3.92. The van der Waals surface area contributed by atoms with Crippen molar-refractivity contribution in [3.8, 4) is 0 Å². The van der Waals surface area contributed by atoms with Crippen molar-refractivity contribution in [2.45, 2.75) is 27.3 Å². The molecule has 0 fully saturated rings. The SMILES string of the molecule is C=C(NCc1nccs1)C(C)(C)C. The predicted octanol–water partition coefficient (Wildman–Crippen LogP) is 2.79. The Kier molecular flexibility index (Phi) is 3.09. The highest BCUT2D eigenvalue weighted by atomic mass is 32.1. The van der Waals surface area contributed by atoms with Crippen LogP contribution in [0.5, 0.6) is 0 Å². The highest BCUT2D eigenvalue weighted by Gasteiger charge is 2.14. The molecule has 1 N–H and O–H groups in total. The van der Waals surface area contributed by atoms with Gasteiger partial charge in [-0.05, 0) is 0 Å². The molecule has 0 aliphatic carbocycles. The van der Waals surface area contributed by atoms with Gasteiger partial charge in [0, 0.05) is 22.7 Å². The van der Waals surface area contributed by atoms with Crippen LogP contribution < -0.4 is 5.32 Å². The lowest BCUT2D eigenvalue weighted by Crippen LogP contribution is -2.22. The van der Waals surface area contributed by atoms with Crippen LogP contribution in [0.4, 0.5) is 0 Å². The third-order valence-electron chi connectivity index (χ3n) is 1.84. The van der Waals surface area contributed by atoms with Crippen molar-refractivity contribution in [1.82, 2.24) is 10.3 Å². The average molecular weight is 196 g/mol. The molecule has 0 aliphatic heterocycles. The van der Waals surface area contributed by atoms with Crippen molar-refractivity contribution in [3.63, 3.8) is 0 Å². The van der Waals surface area contributed by atoms with E-state index in [9.17, 15) is 0 Å². The Bertz CT molecular complexity index is 270. The minimum atomic E-state index is 0.122. The van der Waals surface area contributed by atoms with Gasteiger partial charge in [0.15, 0.2) is 0 Å². The van der Waals surface area contributed by atoms with Crippen LogP contribution in [0.3, 0.4) is 0 Å². The second-order valence-electron chi connectivity index (χ2n) is 4.01. The van der Waals surface area contributed by atoms with E-state index < -0.39 is 0 Å². The number of allylic oxidation sites excluding steroid dienone is 1. The number of aromatic nitrogens is 1. The van der Waals surface area contributed by atoms with Gasteiger partial charge in [-0.15, -0.1) is 11.3 Å². The Morgan fingerprint density at radius 2 is 2.31 bits per heavy atom. The molecule has 1 aromatic heterocycles. The van der Waals surface area contributed by atoms with E-state index >= 15 is 0 Å². The van der Waals surface area contributed by atoms with Crippen molar-refractivity contribution < 1.29 is 0 Å². The average Bonchev–Trinajstić information content (AvgIpc) is 2.50. The number of nitrogens with zero attached hydrogens (tertiary/aromatic N) is 1.